The molecule has 0 saturated heterocycles. The van der Waals surface area contributed by atoms with Gasteiger partial charge in [0.25, 0.3) is 11.8 Å². The van der Waals surface area contributed by atoms with Crippen molar-refractivity contribution in [2.24, 2.45) is 0 Å². The summed E-state index contributed by atoms with van der Waals surface area (Å²) in [6.07, 6.45) is 7.33. The molecule has 0 atom stereocenters. The number of carbonyl (C=O) groups excluding carboxylic acids is 3. The molecule has 2 aliphatic rings. The fourth-order valence-electron chi connectivity index (χ4n) is 5.29. The Balaban J connectivity index is 1.29. The molecule has 40 heavy (non-hydrogen) atoms. The van der Waals surface area contributed by atoms with Gasteiger partial charge in [0.1, 0.15) is 16.9 Å². The van der Waals surface area contributed by atoms with E-state index in [1.807, 2.05) is 45.6 Å². The molecular weight excluding hydrogens is 512 g/mol. The van der Waals surface area contributed by atoms with Crippen LogP contribution in [0.4, 0.5) is 10.5 Å². The average Bonchev–Trinajstić information content (AvgIpc) is 3.44. The molecule has 5 rings (SSSR count). The number of alkyl carbamates (subject to hydrolysis) is 1. The van der Waals surface area contributed by atoms with Gasteiger partial charge >= 0.3 is 6.09 Å². The van der Waals surface area contributed by atoms with Crippen LogP contribution in [-0.2, 0) is 11.3 Å². The summed E-state index contributed by atoms with van der Waals surface area (Å²) in [6.45, 7) is 9.76. The van der Waals surface area contributed by atoms with Gasteiger partial charge in [-0.3, -0.25) is 9.59 Å². The van der Waals surface area contributed by atoms with Gasteiger partial charge < -0.3 is 25.0 Å². The summed E-state index contributed by atoms with van der Waals surface area (Å²) in [7, 11) is 0. The molecule has 3 aromatic rings. The van der Waals surface area contributed by atoms with E-state index in [0.717, 1.165) is 31.2 Å². The summed E-state index contributed by atoms with van der Waals surface area (Å²) in [5.41, 5.74) is 2.16. The molecule has 1 aliphatic carbocycles. The number of carbonyl (C=O) groups is 3. The maximum atomic E-state index is 13.5. The number of anilines is 1. The number of nitrogens with one attached hydrogen (secondary N) is 2. The Morgan fingerprint density at radius 3 is 2.58 bits per heavy atom. The van der Waals surface area contributed by atoms with Crippen LogP contribution < -0.4 is 15.4 Å². The van der Waals surface area contributed by atoms with Crippen LogP contribution >= 0.6 is 0 Å². The Bertz CT molecular complexity index is 1430. The fourth-order valence-corrected chi connectivity index (χ4v) is 5.29. The highest BCUT2D eigenvalue weighted by atomic mass is 16.6. The van der Waals surface area contributed by atoms with Crippen LogP contribution in [0.15, 0.2) is 36.8 Å². The monoisotopic (exact) mass is 548 g/mol. The molecule has 3 heterocycles. The van der Waals surface area contributed by atoms with Crippen LogP contribution in [0.2, 0.25) is 0 Å². The number of benzene rings is 1. The van der Waals surface area contributed by atoms with Gasteiger partial charge in [-0.1, -0.05) is 0 Å². The molecule has 0 spiro atoms. The minimum absolute atomic E-state index is 0.0217. The van der Waals surface area contributed by atoms with Gasteiger partial charge in [0, 0.05) is 36.6 Å². The number of hydrogen-bond acceptors (Lipinski definition) is 7. The summed E-state index contributed by atoms with van der Waals surface area (Å²) < 4.78 is 12.9. The molecule has 1 saturated carbocycles. The second-order valence-electron chi connectivity index (χ2n) is 11.7. The Morgan fingerprint density at radius 2 is 1.88 bits per heavy atom. The zero-order valence-corrected chi connectivity index (χ0v) is 23.6. The molecule has 11 heteroatoms. The molecule has 0 unspecified atom stereocenters. The van der Waals surface area contributed by atoms with Crippen molar-refractivity contribution in [3.05, 3.63) is 53.5 Å². The van der Waals surface area contributed by atoms with Crippen molar-refractivity contribution in [1.82, 2.24) is 24.8 Å². The van der Waals surface area contributed by atoms with E-state index in [1.54, 1.807) is 24.5 Å². The second kappa shape index (κ2) is 10.8. The fraction of sp³-hybridized carbons (Fsp3) is 0.483. The zero-order valence-electron chi connectivity index (χ0n) is 23.6. The van der Waals surface area contributed by atoms with Gasteiger partial charge in [-0.2, -0.15) is 5.10 Å². The molecule has 1 aromatic carbocycles. The predicted octanol–water partition coefficient (Wildman–Crippen LogP) is 4.56. The van der Waals surface area contributed by atoms with E-state index >= 15 is 0 Å². The molecule has 1 aliphatic heterocycles. The first-order valence-corrected chi connectivity index (χ1v) is 13.7. The molecule has 0 bridgehead atoms. The van der Waals surface area contributed by atoms with Crippen molar-refractivity contribution in [3.8, 4) is 5.75 Å². The Morgan fingerprint density at radius 1 is 1.12 bits per heavy atom. The van der Waals surface area contributed by atoms with Crippen LogP contribution in [0.25, 0.3) is 5.65 Å². The van der Waals surface area contributed by atoms with Crippen LogP contribution in [-0.4, -0.2) is 61.2 Å². The third kappa shape index (κ3) is 5.88. The topological polar surface area (TPSA) is 127 Å². The van der Waals surface area contributed by atoms with Crippen LogP contribution in [0, 0.1) is 0 Å². The first-order valence-electron chi connectivity index (χ1n) is 13.7. The van der Waals surface area contributed by atoms with Gasteiger partial charge in [-0.15, -0.1) is 0 Å². The lowest BCUT2D eigenvalue weighted by Gasteiger charge is -2.35. The maximum absolute atomic E-state index is 13.5. The lowest BCUT2D eigenvalue weighted by Crippen LogP contribution is -2.45. The van der Waals surface area contributed by atoms with Crippen molar-refractivity contribution in [2.75, 3.05) is 5.32 Å². The van der Waals surface area contributed by atoms with E-state index in [1.165, 1.54) is 10.7 Å². The second-order valence-corrected chi connectivity index (χ2v) is 11.7. The molecular formula is C29H36N6O5. The van der Waals surface area contributed by atoms with E-state index in [4.69, 9.17) is 9.47 Å². The third-order valence-corrected chi connectivity index (χ3v) is 7.03. The number of fused-ring (bicyclic) bond motifs is 2. The highest BCUT2D eigenvalue weighted by Gasteiger charge is 2.36. The molecule has 212 valence electrons. The summed E-state index contributed by atoms with van der Waals surface area (Å²) in [6, 6.07) is 5.39. The maximum Gasteiger partial charge on any atom is 0.407 e. The van der Waals surface area contributed by atoms with Crippen molar-refractivity contribution >= 4 is 29.2 Å². The van der Waals surface area contributed by atoms with Gasteiger partial charge in [0.2, 0.25) is 0 Å². The Labute approximate surface area is 233 Å². The molecule has 1 fully saturated rings. The number of aromatic nitrogens is 3. The van der Waals surface area contributed by atoms with Gasteiger partial charge in [-0.25, -0.2) is 14.3 Å². The summed E-state index contributed by atoms with van der Waals surface area (Å²) in [5.74, 6) is 0.0307. The van der Waals surface area contributed by atoms with Crippen molar-refractivity contribution < 1.29 is 23.9 Å². The van der Waals surface area contributed by atoms with E-state index < -0.39 is 11.7 Å². The van der Waals surface area contributed by atoms with E-state index in [-0.39, 0.29) is 30.0 Å². The third-order valence-electron chi connectivity index (χ3n) is 7.03. The van der Waals surface area contributed by atoms with E-state index in [2.05, 4.69) is 20.7 Å². The zero-order chi connectivity index (χ0) is 28.6. The molecule has 3 amide bonds. The number of ether oxygens (including phenoxy) is 2. The average molecular weight is 549 g/mol. The van der Waals surface area contributed by atoms with Crippen molar-refractivity contribution in [3.63, 3.8) is 0 Å². The number of hydrogen-bond donors (Lipinski definition) is 2. The largest absolute Gasteiger partial charge is 0.489 e. The smallest absolute Gasteiger partial charge is 0.407 e. The van der Waals surface area contributed by atoms with E-state index in [0.29, 0.717) is 34.8 Å². The SMILES string of the molecule is CC(C)Oc1cc2c(cc1NC(=O)c1cnn3cccnc13)CN(C1CCC(NC(=O)OC(C)(C)C)CC1)C2=O. The molecule has 2 aromatic heterocycles. The normalized spacial score (nSPS) is 19.1. The standard InChI is InChI=1S/C29H36N6O5/c1-17(2)39-24-14-21-18(13-23(24)33-26(36)22-15-31-35-12-6-11-30-25(22)35)16-34(27(21)37)20-9-7-19(8-10-20)32-28(38)40-29(3,4)5/h6,11-15,17,19-20H,7-10,16H2,1-5H3,(H,32,38)(H,33,36). The summed E-state index contributed by atoms with van der Waals surface area (Å²) >= 11 is 0. The van der Waals surface area contributed by atoms with Crippen molar-refractivity contribution in [1.29, 1.82) is 0 Å². The number of nitrogens with zero attached hydrogens (tertiary/aromatic N) is 4. The number of amides is 3. The highest BCUT2D eigenvalue weighted by molar-refractivity contribution is 6.09. The van der Waals surface area contributed by atoms with Crippen LogP contribution in [0.1, 0.15) is 86.6 Å². The minimum atomic E-state index is -0.546. The van der Waals surface area contributed by atoms with Crippen LogP contribution in [0.5, 0.6) is 5.75 Å². The Kier molecular flexibility index (Phi) is 7.39. The molecule has 2 N–H and O–H groups in total. The van der Waals surface area contributed by atoms with Gasteiger partial charge in [0.15, 0.2) is 5.65 Å². The van der Waals surface area contributed by atoms with Crippen LogP contribution in [0.3, 0.4) is 0 Å². The number of rotatable bonds is 6. The quantitative estimate of drug-likeness (QED) is 0.462. The summed E-state index contributed by atoms with van der Waals surface area (Å²) in [4.78, 5) is 45.0. The molecule has 0 radical (unpaired) electrons. The minimum Gasteiger partial charge on any atom is -0.489 e. The van der Waals surface area contributed by atoms with Crippen molar-refractivity contribution in [2.45, 2.75) is 90.6 Å². The molecule has 11 nitrogen and oxygen atoms in total. The first-order chi connectivity index (χ1) is 19.0. The van der Waals surface area contributed by atoms with Gasteiger partial charge in [0.05, 0.1) is 18.0 Å². The Hall–Kier alpha value is -4.15. The lowest BCUT2D eigenvalue weighted by atomic mass is 9.90. The van der Waals surface area contributed by atoms with Gasteiger partial charge in [-0.05, 0) is 84.1 Å². The first kappa shape index (κ1) is 27.4. The lowest BCUT2D eigenvalue weighted by molar-refractivity contribution is 0.0461. The van der Waals surface area contributed by atoms with E-state index in [9.17, 15) is 14.4 Å². The predicted molar refractivity (Wildman–Crippen MR) is 148 cm³/mol. The summed E-state index contributed by atoms with van der Waals surface area (Å²) in [5, 5.41) is 10.1. The highest BCUT2D eigenvalue weighted by Crippen LogP contribution is 2.37.